The van der Waals surface area contributed by atoms with Crippen molar-refractivity contribution in [2.75, 3.05) is 13.2 Å². The molecule has 0 bridgehead atoms. The lowest BCUT2D eigenvalue weighted by molar-refractivity contribution is -0.161. The highest BCUT2D eigenvalue weighted by Crippen LogP contribution is 2.16. The van der Waals surface area contributed by atoms with Gasteiger partial charge < -0.3 is 14.6 Å². The predicted octanol–water partition coefficient (Wildman–Crippen LogP) is 21.8. The smallest absolute Gasteiger partial charge is 0.306 e. The minimum atomic E-state index is -0.805. The molecule has 1 unspecified atom stereocenters. The predicted molar refractivity (Wildman–Crippen MR) is 334 cm³/mol. The second-order valence-electron chi connectivity index (χ2n) is 20.4. The van der Waals surface area contributed by atoms with E-state index in [1.54, 1.807) is 0 Å². The van der Waals surface area contributed by atoms with Crippen molar-refractivity contribution >= 4 is 11.9 Å². The molecule has 0 spiro atoms. The van der Waals surface area contributed by atoms with Crippen LogP contribution in [0.15, 0.2) is 146 Å². The van der Waals surface area contributed by atoms with E-state index in [1.165, 1.54) is 128 Å². The van der Waals surface area contributed by atoms with Crippen molar-refractivity contribution in [3.05, 3.63) is 146 Å². The van der Waals surface area contributed by atoms with E-state index in [0.29, 0.717) is 12.8 Å². The average molecular weight is 1050 g/mol. The standard InChI is InChI=1S/C71H116O5/c1-3-5-7-9-11-13-15-17-19-21-23-25-27-29-31-32-33-34-35-36-37-38-40-41-43-45-47-49-51-53-55-57-59-61-63-65-70(73)75-68-69(67-72)76-71(74)66-64-62-60-58-56-54-52-50-48-46-44-42-39-30-28-26-24-22-20-18-16-14-12-10-8-6-4-2/h5-8,11-14,17-20,23-26,30,39,44,46,50,52,56,58,69,72H,3-4,9-10,15-16,21-22,27-29,31-38,40-43,45,47-49,51,53-55,57,59-68H2,1-2H3/b7-5-,8-6-,13-11-,14-12-,19-17-,20-18-,25-23-,26-24-,39-30-,46-44-,52-50-,58-56-. The van der Waals surface area contributed by atoms with E-state index in [-0.39, 0.29) is 25.2 Å². The Labute approximate surface area is 469 Å². The van der Waals surface area contributed by atoms with Crippen LogP contribution in [0.2, 0.25) is 0 Å². The van der Waals surface area contributed by atoms with Gasteiger partial charge in [0, 0.05) is 12.8 Å². The van der Waals surface area contributed by atoms with Crippen molar-refractivity contribution in [1.29, 1.82) is 0 Å². The molecule has 0 saturated heterocycles. The van der Waals surface area contributed by atoms with Crippen LogP contribution in [0.4, 0.5) is 0 Å². The van der Waals surface area contributed by atoms with Gasteiger partial charge in [0.15, 0.2) is 6.10 Å². The van der Waals surface area contributed by atoms with Crippen LogP contribution in [0.25, 0.3) is 0 Å². The number of carbonyl (C=O) groups is 2. The quantitative estimate of drug-likeness (QED) is 0.0373. The summed E-state index contributed by atoms with van der Waals surface area (Å²) in [7, 11) is 0. The summed E-state index contributed by atoms with van der Waals surface area (Å²) in [6.07, 6.45) is 98.5. The molecule has 0 rings (SSSR count). The van der Waals surface area contributed by atoms with E-state index in [0.717, 1.165) is 116 Å². The summed E-state index contributed by atoms with van der Waals surface area (Å²) in [5.74, 6) is -0.643. The molecule has 0 aliphatic rings. The molecule has 76 heavy (non-hydrogen) atoms. The zero-order chi connectivity index (χ0) is 54.8. The van der Waals surface area contributed by atoms with Gasteiger partial charge in [0.1, 0.15) is 6.61 Å². The Kier molecular flexibility index (Phi) is 61.5. The number of unbranched alkanes of at least 4 members (excludes halogenated alkanes) is 24. The zero-order valence-corrected chi connectivity index (χ0v) is 49.2. The maximum absolute atomic E-state index is 12.3. The highest BCUT2D eigenvalue weighted by Gasteiger charge is 2.16. The lowest BCUT2D eigenvalue weighted by Crippen LogP contribution is -2.28. The Morgan fingerprint density at radius 3 is 0.816 bits per heavy atom. The number of allylic oxidation sites excluding steroid dienone is 24. The number of carbonyl (C=O) groups excluding carboxylic acids is 2. The summed E-state index contributed by atoms with van der Waals surface area (Å²) >= 11 is 0. The second-order valence-corrected chi connectivity index (χ2v) is 20.4. The minimum Gasteiger partial charge on any atom is -0.462 e. The van der Waals surface area contributed by atoms with E-state index in [2.05, 4.69) is 160 Å². The third kappa shape index (κ3) is 62.3. The zero-order valence-electron chi connectivity index (χ0n) is 49.2. The van der Waals surface area contributed by atoms with Crippen molar-refractivity contribution in [3.8, 4) is 0 Å². The highest BCUT2D eigenvalue weighted by atomic mass is 16.6. The Hall–Kier alpha value is -4.22. The molecule has 0 aliphatic heterocycles. The lowest BCUT2D eigenvalue weighted by Gasteiger charge is -2.15. The first-order valence-corrected chi connectivity index (χ1v) is 31.4. The minimum absolute atomic E-state index is 0.0900. The number of aliphatic hydroxyl groups is 1. The molecule has 0 fully saturated rings. The van der Waals surface area contributed by atoms with Gasteiger partial charge in [0.25, 0.3) is 0 Å². The molecule has 0 amide bonds. The number of rotatable bonds is 56. The van der Waals surface area contributed by atoms with Gasteiger partial charge in [-0.1, -0.05) is 288 Å². The number of esters is 2. The van der Waals surface area contributed by atoms with Gasteiger partial charge in [0.2, 0.25) is 0 Å². The molecule has 0 heterocycles. The van der Waals surface area contributed by atoms with E-state index in [4.69, 9.17) is 9.47 Å². The maximum Gasteiger partial charge on any atom is 0.306 e. The van der Waals surface area contributed by atoms with Crippen molar-refractivity contribution in [2.45, 2.75) is 277 Å². The summed E-state index contributed by atoms with van der Waals surface area (Å²) in [6.45, 7) is 3.89. The van der Waals surface area contributed by atoms with Crippen LogP contribution < -0.4 is 0 Å². The number of aliphatic hydroxyl groups excluding tert-OH is 1. The van der Waals surface area contributed by atoms with E-state index >= 15 is 0 Å². The fraction of sp³-hybridized carbons (Fsp3) is 0.634. The van der Waals surface area contributed by atoms with Gasteiger partial charge in [-0.2, -0.15) is 0 Å². The lowest BCUT2D eigenvalue weighted by atomic mass is 10.0. The second kappa shape index (κ2) is 65.1. The topological polar surface area (TPSA) is 72.8 Å². The maximum atomic E-state index is 12.3. The van der Waals surface area contributed by atoms with Crippen LogP contribution >= 0.6 is 0 Å². The van der Waals surface area contributed by atoms with Crippen molar-refractivity contribution in [3.63, 3.8) is 0 Å². The Balaban J connectivity index is 3.54. The summed E-state index contributed by atoms with van der Waals surface area (Å²) < 4.78 is 10.7. The van der Waals surface area contributed by atoms with Gasteiger partial charge in [-0.25, -0.2) is 0 Å². The summed E-state index contributed by atoms with van der Waals surface area (Å²) in [5, 5.41) is 9.67. The van der Waals surface area contributed by atoms with Crippen LogP contribution in [-0.2, 0) is 19.1 Å². The molecule has 0 aromatic carbocycles. The number of ether oxygens (including phenoxy) is 2. The molecule has 0 aromatic rings. The van der Waals surface area contributed by atoms with E-state index in [1.807, 2.05) is 0 Å². The van der Waals surface area contributed by atoms with Gasteiger partial charge in [-0.3, -0.25) is 9.59 Å². The van der Waals surface area contributed by atoms with Crippen LogP contribution in [0.1, 0.15) is 271 Å². The fourth-order valence-corrected chi connectivity index (χ4v) is 8.50. The molecule has 0 radical (unpaired) electrons. The molecule has 1 atom stereocenters. The first-order valence-electron chi connectivity index (χ1n) is 31.4. The summed E-state index contributed by atoms with van der Waals surface area (Å²) in [5.41, 5.74) is 0. The third-order valence-electron chi connectivity index (χ3n) is 13.1. The van der Waals surface area contributed by atoms with E-state index in [9.17, 15) is 14.7 Å². The Bertz CT molecular complexity index is 1610. The van der Waals surface area contributed by atoms with Gasteiger partial charge in [0.05, 0.1) is 6.61 Å². The SMILES string of the molecule is CC/C=C\C/C=C\C/C=C\C/C=C\C/C=C\C/C=C\C/C=C\C/C=C\CCCCC(=O)OC(CO)COC(=O)CCCCCCCCCCCCCCCCCCCCCCCC/C=C\C/C=C\C/C=C\C/C=C\CC. The number of hydrogen-bond donors (Lipinski definition) is 1. The van der Waals surface area contributed by atoms with Gasteiger partial charge in [-0.15, -0.1) is 0 Å². The van der Waals surface area contributed by atoms with Gasteiger partial charge in [-0.05, 0) is 116 Å². The van der Waals surface area contributed by atoms with Crippen LogP contribution in [0.3, 0.4) is 0 Å². The van der Waals surface area contributed by atoms with Crippen LogP contribution in [0, 0.1) is 0 Å². The van der Waals surface area contributed by atoms with E-state index < -0.39 is 6.10 Å². The third-order valence-corrected chi connectivity index (χ3v) is 13.1. The molecule has 5 heteroatoms. The first-order chi connectivity index (χ1) is 37.6. The molecule has 5 nitrogen and oxygen atoms in total. The van der Waals surface area contributed by atoms with Crippen LogP contribution in [0.5, 0.6) is 0 Å². The normalized spacial score (nSPS) is 13.2. The van der Waals surface area contributed by atoms with Crippen molar-refractivity contribution in [2.24, 2.45) is 0 Å². The molecule has 0 saturated carbocycles. The average Bonchev–Trinajstić information content (AvgIpc) is 3.42. The highest BCUT2D eigenvalue weighted by molar-refractivity contribution is 5.70. The molecule has 0 aromatic heterocycles. The van der Waals surface area contributed by atoms with Gasteiger partial charge >= 0.3 is 11.9 Å². The van der Waals surface area contributed by atoms with Crippen LogP contribution in [-0.4, -0.2) is 36.4 Å². The summed E-state index contributed by atoms with van der Waals surface area (Å²) in [4.78, 5) is 24.6. The summed E-state index contributed by atoms with van der Waals surface area (Å²) in [6, 6.07) is 0. The molecule has 1 N–H and O–H groups in total. The molecular weight excluding hydrogens is 933 g/mol. The first kappa shape index (κ1) is 71.8. The Morgan fingerprint density at radius 1 is 0.303 bits per heavy atom. The fourth-order valence-electron chi connectivity index (χ4n) is 8.50. The van der Waals surface area contributed by atoms with Crippen molar-refractivity contribution in [1.82, 2.24) is 0 Å². The Morgan fingerprint density at radius 2 is 0.526 bits per heavy atom. The molecule has 0 aliphatic carbocycles. The largest absolute Gasteiger partial charge is 0.462 e. The molecule has 430 valence electrons. The molecular formula is C71H116O5. The monoisotopic (exact) mass is 1050 g/mol. The van der Waals surface area contributed by atoms with Crippen molar-refractivity contribution < 1.29 is 24.2 Å². The number of hydrogen-bond acceptors (Lipinski definition) is 5.